The van der Waals surface area contributed by atoms with Crippen LogP contribution in [0.15, 0.2) is 53.6 Å². The number of fused-ring (bicyclic) bond motifs is 2. The zero-order chi connectivity index (χ0) is 20.8. The number of anilines is 1. The van der Waals surface area contributed by atoms with Crippen LogP contribution in [0.3, 0.4) is 0 Å². The molecule has 2 amide bonds. The molecule has 0 aliphatic carbocycles. The third-order valence-corrected chi connectivity index (χ3v) is 6.09. The summed E-state index contributed by atoms with van der Waals surface area (Å²) in [7, 11) is -4.18. The van der Waals surface area contributed by atoms with Crippen LogP contribution in [0.1, 0.15) is 22.8 Å². The summed E-state index contributed by atoms with van der Waals surface area (Å²) in [5, 5.41) is 3.21. The summed E-state index contributed by atoms with van der Waals surface area (Å²) in [4.78, 5) is 28.5. The maximum absolute atomic E-state index is 12.9. The summed E-state index contributed by atoms with van der Waals surface area (Å²) in [6.45, 7) is 3.13. The van der Waals surface area contributed by atoms with Gasteiger partial charge in [-0.15, -0.1) is 0 Å². The molecule has 9 heteroatoms. The Kier molecular flexibility index (Phi) is 4.46. The molecule has 0 spiro atoms. The van der Waals surface area contributed by atoms with E-state index in [9.17, 15) is 18.0 Å². The maximum atomic E-state index is 12.9. The summed E-state index contributed by atoms with van der Waals surface area (Å²) < 4.78 is 33.4. The van der Waals surface area contributed by atoms with Crippen molar-refractivity contribution in [2.45, 2.75) is 24.8 Å². The third kappa shape index (κ3) is 3.40. The molecule has 0 saturated carbocycles. The van der Waals surface area contributed by atoms with Gasteiger partial charge in [0.05, 0.1) is 16.1 Å². The normalized spacial score (nSPS) is 15.9. The number of aromatic nitrogens is 1. The molecule has 29 heavy (non-hydrogen) atoms. The van der Waals surface area contributed by atoms with E-state index in [0.29, 0.717) is 22.2 Å². The Morgan fingerprint density at radius 1 is 1.21 bits per heavy atom. The predicted octanol–water partition coefficient (Wildman–Crippen LogP) is 2.38. The van der Waals surface area contributed by atoms with Gasteiger partial charge in [-0.2, -0.15) is 0 Å². The number of rotatable bonds is 3. The van der Waals surface area contributed by atoms with Gasteiger partial charge in [-0.1, -0.05) is 12.1 Å². The number of carbonyl (C=O) groups is 2. The SMILES string of the molecule is Cc1cc2c(cc1S(=O)(=O)NC(=O)c1cccc3ncccc13)O[C@H](C)C(=O)N2. The number of carbonyl (C=O) groups excluding carboxylic acids is 2. The molecule has 1 aromatic heterocycles. The van der Waals surface area contributed by atoms with Gasteiger partial charge in [0.1, 0.15) is 5.75 Å². The average Bonchev–Trinajstić information content (AvgIpc) is 2.68. The Bertz CT molecular complexity index is 1270. The fourth-order valence-electron chi connectivity index (χ4n) is 3.17. The second-order valence-electron chi connectivity index (χ2n) is 6.67. The van der Waals surface area contributed by atoms with Gasteiger partial charge in [-0.25, -0.2) is 13.1 Å². The van der Waals surface area contributed by atoms with Gasteiger partial charge in [-0.05, 0) is 43.7 Å². The van der Waals surface area contributed by atoms with Crippen LogP contribution in [-0.2, 0) is 14.8 Å². The number of hydrogen-bond donors (Lipinski definition) is 2. The van der Waals surface area contributed by atoms with Crippen molar-refractivity contribution in [3.8, 4) is 5.75 Å². The van der Waals surface area contributed by atoms with Gasteiger partial charge in [0.25, 0.3) is 21.8 Å². The van der Waals surface area contributed by atoms with Crippen LogP contribution in [-0.4, -0.2) is 31.3 Å². The molecule has 3 aromatic rings. The summed E-state index contributed by atoms with van der Waals surface area (Å²) in [6.07, 6.45) is 0.843. The Hall–Kier alpha value is -3.46. The van der Waals surface area contributed by atoms with E-state index in [-0.39, 0.29) is 22.1 Å². The Labute approximate surface area is 167 Å². The fraction of sp³-hybridized carbons (Fsp3) is 0.150. The summed E-state index contributed by atoms with van der Waals surface area (Å²) >= 11 is 0. The van der Waals surface area contributed by atoms with Gasteiger partial charge in [0.15, 0.2) is 6.10 Å². The van der Waals surface area contributed by atoms with Crippen molar-refractivity contribution in [2.24, 2.45) is 0 Å². The number of benzene rings is 2. The first-order valence-electron chi connectivity index (χ1n) is 8.79. The third-order valence-electron chi connectivity index (χ3n) is 4.61. The smallest absolute Gasteiger partial charge is 0.265 e. The lowest BCUT2D eigenvalue weighted by Crippen LogP contribution is -2.35. The molecule has 0 bridgehead atoms. The number of aryl methyl sites for hydroxylation is 1. The molecule has 0 saturated heterocycles. The quantitative estimate of drug-likeness (QED) is 0.684. The van der Waals surface area contributed by atoms with Crippen molar-refractivity contribution in [3.05, 3.63) is 59.8 Å². The molecule has 8 nitrogen and oxygen atoms in total. The van der Waals surface area contributed by atoms with E-state index in [1.165, 1.54) is 18.2 Å². The highest BCUT2D eigenvalue weighted by molar-refractivity contribution is 7.90. The number of ether oxygens (including phenoxy) is 1. The number of nitrogens with one attached hydrogen (secondary N) is 2. The lowest BCUT2D eigenvalue weighted by atomic mass is 10.1. The molecule has 1 atom stereocenters. The van der Waals surface area contributed by atoms with Crippen molar-refractivity contribution >= 4 is 38.4 Å². The standard InChI is InChI=1S/C20H17N3O5S/c1-11-9-16-17(28-12(2)19(24)22-16)10-18(11)29(26,27)23-20(25)14-5-3-7-15-13(14)6-4-8-21-15/h3-10,12H,1-2H3,(H,22,24)(H,23,25)/t12-/m1/s1. The van der Waals surface area contributed by atoms with Crippen LogP contribution in [0.5, 0.6) is 5.75 Å². The fourth-order valence-corrected chi connectivity index (χ4v) is 4.37. The molecular formula is C20H17N3O5S. The number of nitrogens with zero attached hydrogens (tertiary/aromatic N) is 1. The van der Waals surface area contributed by atoms with Crippen LogP contribution in [0, 0.1) is 6.92 Å². The molecular weight excluding hydrogens is 394 g/mol. The second kappa shape index (κ2) is 6.85. The van der Waals surface area contributed by atoms with E-state index in [1.807, 2.05) is 0 Å². The van der Waals surface area contributed by atoms with Crippen molar-refractivity contribution in [2.75, 3.05) is 5.32 Å². The Morgan fingerprint density at radius 3 is 2.79 bits per heavy atom. The molecule has 0 fully saturated rings. The summed E-state index contributed by atoms with van der Waals surface area (Å²) in [5.74, 6) is -0.849. The molecule has 0 radical (unpaired) electrons. The molecule has 2 heterocycles. The van der Waals surface area contributed by atoms with Gasteiger partial charge in [0, 0.05) is 23.2 Å². The van der Waals surface area contributed by atoms with E-state index in [4.69, 9.17) is 4.74 Å². The average molecular weight is 411 g/mol. The first-order chi connectivity index (χ1) is 13.8. The zero-order valence-corrected chi connectivity index (χ0v) is 16.4. The van der Waals surface area contributed by atoms with Crippen molar-refractivity contribution < 1.29 is 22.7 Å². The largest absolute Gasteiger partial charge is 0.479 e. The lowest BCUT2D eigenvalue weighted by Gasteiger charge is -2.24. The highest BCUT2D eigenvalue weighted by Gasteiger charge is 2.28. The van der Waals surface area contributed by atoms with Gasteiger partial charge >= 0.3 is 0 Å². The van der Waals surface area contributed by atoms with Gasteiger partial charge in [-0.3, -0.25) is 14.6 Å². The van der Waals surface area contributed by atoms with E-state index in [2.05, 4.69) is 15.0 Å². The molecule has 148 valence electrons. The van der Waals surface area contributed by atoms with Gasteiger partial charge in [0.2, 0.25) is 0 Å². The minimum Gasteiger partial charge on any atom is -0.479 e. The van der Waals surface area contributed by atoms with Crippen LogP contribution in [0.2, 0.25) is 0 Å². The topological polar surface area (TPSA) is 114 Å². The van der Waals surface area contributed by atoms with Crippen molar-refractivity contribution in [3.63, 3.8) is 0 Å². The van der Waals surface area contributed by atoms with E-state index >= 15 is 0 Å². The first kappa shape index (κ1) is 18.9. The number of amides is 2. The lowest BCUT2D eigenvalue weighted by molar-refractivity contribution is -0.122. The van der Waals surface area contributed by atoms with Gasteiger partial charge < -0.3 is 10.1 Å². The molecule has 1 aliphatic rings. The molecule has 2 aromatic carbocycles. The van der Waals surface area contributed by atoms with E-state index in [0.717, 1.165) is 0 Å². The van der Waals surface area contributed by atoms with Crippen LogP contribution in [0.25, 0.3) is 10.9 Å². The predicted molar refractivity (Wildman–Crippen MR) is 106 cm³/mol. The number of sulfonamides is 1. The van der Waals surface area contributed by atoms with Crippen molar-refractivity contribution in [1.29, 1.82) is 0 Å². The molecule has 1 aliphatic heterocycles. The minimum atomic E-state index is -4.18. The molecule has 0 unspecified atom stereocenters. The van der Waals surface area contributed by atoms with E-state index in [1.54, 1.807) is 44.3 Å². The van der Waals surface area contributed by atoms with Crippen LogP contribution < -0.4 is 14.8 Å². The second-order valence-corrected chi connectivity index (χ2v) is 8.32. The summed E-state index contributed by atoms with van der Waals surface area (Å²) in [6, 6.07) is 11.1. The summed E-state index contributed by atoms with van der Waals surface area (Å²) in [5.41, 5.74) is 1.53. The van der Waals surface area contributed by atoms with Crippen LogP contribution in [0.4, 0.5) is 5.69 Å². The highest BCUT2D eigenvalue weighted by atomic mass is 32.2. The van der Waals surface area contributed by atoms with Crippen molar-refractivity contribution in [1.82, 2.24) is 9.71 Å². The number of hydrogen-bond acceptors (Lipinski definition) is 6. The maximum Gasteiger partial charge on any atom is 0.265 e. The van der Waals surface area contributed by atoms with E-state index < -0.39 is 22.0 Å². The minimum absolute atomic E-state index is 0.105. The highest BCUT2D eigenvalue weighted by Crippen LogP contribution is 2.34. The zero-order valence-electron chi connectivity index (χ0n) is 15.6. The van der Waals surface area contributed by atoms with Crippen LogP contribution >= 0.6 is 0 Å². The Morgan fingerprint density at radius 2 is 2.00 bits per heavy atom. The monoisotopic (exact) mass is 411 g/mol. The number of pyridine rings is 1. The first-order valence-corrected chi connectivity index (χ1v) is 10.3. The Balaban J connectivity index is 1.70. The molecule has 2 N–H and O–H groups in total. The molecule has 4 rings (SSSR count).